The van der Waals surface area contributed by atoms with Gasteiger partial charge in [-0.25, -0.2) is 9.78 Å². The van der Waals surface area contributed by atoms with Crippen LogP contribution in [0.4, 0.5) is 10.5 Å². The molecule has 1 atom stereocenters. The van der Waals surface area contributed by atoms with E-state index < -0.39 is 0 Å². The normalized spacial score (nSPS) is 16.7. The average Bonchev–Trinajstić information content (AvgIpc) is 3.09. The first kappa shape index (κ1) is 15.6. The van der Waals surface area contributed by atoms with Crippen molar-refractivity contribution in [2.24, 2.45) is 14.1 Å². The lowest BCUT2D eigenvalue weighted by molar-refractivity contribution is 0.247. The number of pyridine rings is 1. The maximum Gasteiger partial charge on any atom is 0.319 e. The molecule has 0 radical (unpaired) electrons. The number of fused-ring (bicyclic) bond motifs is 2. The summed E-state index contributed by atoms with van der Waals surface area (Å²) in [6.45, 7) is 1.93. The number of amides is 2. The second-order valence-electron chi connectivity index (χ2n) is 6.52. The average molecular weight is 339 g/mol. The Morgan fingerprint density at radius 3 is 2.96 bits per heavy atom. The van der Waals surface area contributed by atoms with E-state index in [4.69, 9.17) is 0 Å². The number of nitrogens with zero attached hydrogens (tertiary/aromatic N) is 5. The molecule has 2 amide bonds. The van der Waals surface area contributed by atoms with Gasteiger partial charge in [-0.1, -0.05) is 0 Å². The number of hydrogen-bond donors (Lipinski definition) is 2. The Kier molecular flexibility index (Phi) is 3.67. The minimum absolute atomic E-state index is 0.00531. The fraction of sp³-hybridized carbons (Fsp3) is 0.412. The van der Waals surface area contributed by atoms with Crippen molar-refractivity contribution in [1.29, 1.82) is 0 Å². The number of carbonyl (C=O) groups excluding carboxylic acids is 1. The molecule has 0 saturated carbocycles. The SMILES string of the molecule is Cc1nn(C)c2ncc(NC(=O)N[C@H]3CCCc4c3cnn4C)cc12. The molecule has 2 N–H and O–H groups in total. The molecule has 130 valence electrons. The highest BCUT2D eigenvalue weighted by molar-refractivity contribution is 5.92. The van der Waals surface area contributed by atoms with E-state index in [2.05, 4.69) is 25.8 Å². The second kappa shape index (κ2) is 5.87. The summed E-state index contributed by atoms with van der Waals surface area (Å²) >= 11 is 0. The van der Waals surface area contributed by atoms with Crippen LogP contribution in [0, 0.1) is 6.92 Å². The lowest BCUT2D eigenvalue weighted by Crippen LogP contribution is -2.34. The molecule has 0 bridgehead atoms. The Hall–Kier alpha value is -2.90. The molecule has 8 nitrogen and oxygen atoms in total. The van der Waals surface area contributed by atoms with Crippen molar-refractivity contribution >= 4 is 22.8 Å². The first-order chi connectivity index (χ1) is 12.0. The van der Waals surface area contributed by atoms with Crippen LogP contribution in [0.1, 0.15) is 35.8 Å². The number of carbonyl (C=O) groups is 1. The zero-order valence-corrected chi connectivity index (χ0v) is 14.6. The highest BCUT2D eigenvalue weighted by atomic mass is 16.2. The molecule has 3 aromatic rings. The summed E-state index contributed by atoms with van der Waals surface area (Å²) < 4.78 is 3.63. The molecule has 3 aromatic heterocycles. The third-order valence-corrected chi connectivity index (χ3v) is 4.80. The summed E-state index contributed by atoms with van der Waals surface area (Å²) in [5.41, 5.74) is 4.66. The first-order valence-corrected chi connectivity index (χ1v) is 8.40. The van der Waals surface area contributed by atoms with Crippen molar-refractivity contribution < 1.29 is 4.79 Å². The maximum atomic E-state index is 12.4. The van der Waals surface area contributed by atoms with Crippen LogP contribution in [0.15, 0.2) is 18.5 Å². The highest BCUT2D eigenvalue weighted by Gasteiger charge is 2.24. The zero-order chi connectivity index (χ0) is 17.6. The molecule has 0 saturated heterocycles. The van der Waals surface area contributed by atoms with E-state index in [1.54, 1.807) is 10.9 Å². The van der Waals surface area contributed by atoms with Gasteiger partial charge >= 0.3 is 6.03 Å². The molecule has 0 spiro atoms. The summed E-state index contributed by atoms with van der Waals surface area (Å²) in [5.74, 6) is 0. The summed E-state index contributed by atoms with van der Waals surface area (Å²) in [6, 6.07) is 1.67. The summed E-state index contributed by atoms with van der Waals surface area (Å²) in [6.07, 6.45) is 6.48. The molecule has 0 unspecified atom stereocenters. The summed E-state index contributed by atoms with van der Waals surface area (Å²) in [5, 5.41) is 15.5. The van der Waals surface area contributed by atoms with E-state index >= 15 is 0 Å². The molecule has 25 heavy (non-hydrogen) atoms. The van der Waals surface area contributed by atoms with Gasteiger partial charge in [0.1, 0.15) is 0 Å². The third-order valence-electron chi connectivity index (χ3n) is 4.80. The Morgan fingerprint density at radius 1 is 1.28 bits per heavy atom. The molecular weight excluding hydrogens is 318 g/mol. The third kappa shape index (κ3) is 2.73. The molecule has 3 heterocycles. The minimum Gasteiger partial charge on any atom is -0.331 e. The monoisotopic (exact) mass is 339 g/mol. The van der Waals surface area contributed by atoms with E-state index in [-0.39, 0.29) is 12.1 Å². The van der Waals surface area contributed by atoms with Gasteiger partial charge in [-0.3, -0.25) is 9.36 Å². The molecule has 1 aliphatic carbocycles. The van der Waals surface area contributed by atoms with Crippen LogP contribution in [0.2, 0.25) is 0 Å². The van der Waals surface area contributed by atoms with Crippen LogP contribution < -0.4 is 10.6 Å². The Morgan fingerprint density at radius 2 is 2.12 bits per heavy atom. The first-order valence-electron chi connectivity index (χ1n) is 8.40. The standard InChI is InChI=1S/C17H21N7O/c1-10-12-7-11(8-18-16(12)24(3)22-10)20-17(25)21-14-5-4-6-15-13(14)9-19-23(15)2/h7-9,14H,4-6H2,1-3H3,(H2,20,21,25)/t14-/m0/s1. The van der Waals surface area contributed by atoms with E-state index in [0.717, 1.165) is 41.6 Å². The largest absolute Gasteiger partial charge is 0.331 e. The van der Waals surface area contributed by atoms with Crippen LogP contribution in [0.5, 0.6) is 0 Å². The maximum absolute atomic E-state index is 12.4. The van der Waals surface area contributed by atoms with Gasteiger partial charge in [-0.2, -0.15) is 10.2 Å². The van der Waals surface area contributed by atoms with Crippen LogP contribution >= 0.6 is 0 Å². The van der Waals surface area contributed by atoms with Crippen LogP contribution in [-0.2, 0) is 20.5 Å². The molecule has 0 fully saturated rings. The van der Waals surface area contributed by atoms with Crippen molar-refractivity contribution in [2.45, 2.75) is 32.2 Å². The van der Waals surface area contributed by atoms with E-state index in [1.807, 2.05) is 38.0 Å². The Bertz CT molecular complexity index is 955. The van der Waals surface area contributed by atoms with Gasteiger partial charge in [-0.15, -0.1) is 0 Å². The van der Waals surface area contributed by atoms with Crippen molar-refractivity contribution in [1.82, 2.24) is 29.9 Å². The van der Waals surface area contributed by atoms with Gasteiger partial charge in [0.25, 0.3) is 0 Å². The number of nitrogens with one attached hydrogen (secondary N) is 2. The minimum atomic E-state index is -0.232. The summed E-state index contributed by atoms with van der Waals surface area (Å²) in [7, 11) is 3.80. The van der Waals surface area contributed by atoms with Crippen molar-refractivity contribution in [3.05, 3.63) is 35.4 Å². The molecule has 4 rings (SSSR count). The quantitative estimate of drug-likeness (QED) is 0.749. The van der Waals surface area contributed by atoms with Crippen LogP contribution in [0.25, 0.3) is 11.0 Å². The number of hydrogen-bond acceptors (Lipinski definition) is 4. The number of aromatic nitrogens is 5. The Balaban J connectivity index is 1.50. The number of rotatable bonds is 2. The zero-order valence-electron chi connectivity index (χ0n) is 14.6. The fourth-order valence-electron chi connectivity index (χ4n) is 3.56. The van der Waals surface area contributed by atoms with Gasteiger partial charge in [0.15, 0.2) is 5.65 Å². The Labute approximate surface area is 145 Å². The topological polar surface area (TPSA) is 89.7 Å². The molecular formula is C17H21N7O. The predicted molar refractivity (Wildman–Crippen MR) is 94.3 cm³/mol. The fourth-order valence-corrected chi connectivity index (χ4v) is 3.56. The van der Waals surface area contributed by atoms with Gasteiger partial charge in [0.2, 0.25) is 0 Å². The van der Waals surface area contributed by atoms with Crippen LogP contribution in [0.3, 0.4) is 0 Å². The second-order valence-corrected chi connectivity index (χ2v) is 6.52. The molecule has 1 aliphatic rings. The van der Waals surface area contributed by atoms with Crippen molar-refractivity contribution in [3.8, 4) is 0 Å². The molecule has 0 aliphatic heterocycles. The van der Waals surface area contributed by atoms with Crippen molar-refractivity contribution in [2.75, 3.05) is 5.32 Å². The predicted octanol–water partition coefficient (Wildman–Crippen LogP) is 2.21. The number of aryl methyl sites for hydroxylation is 3. The lowest BCUT2D eigenvalue weighted by Gasteiger charge is -2.23. The van der Waals surface area contributed by atoms with Gasteiger partial charge in [0.05, 0.1) is 29.8 Å². The van der Waals surface area contributed by atoms with Gasteiger partial charge < -0.3 is 10.6 Å². The number of urea groups is 1. The van der Waals surface area contributed by atoms with E-state index in [1.165, 1.54) is 5.69 Å². The molecule has 0 aromatic carbocycles. The summed E-state index contributed by atoms with van der Waals surface area (Å²) in [4.78, 5) is 16.8. The van der Waals surface area contributed by atoms with E-state index in [9.17, 15) is 4.79 Å². The highest BCUT2D eigenvalue weighted by Crippen LogP contribution is 2.29. The van der Waals surface area contributed by atoms with Gasteiger partial charge in [-0.05, 0) is 32.3 Å². The van der Waals surface area contributed by atoms with Gasteiger partial charge in [0, 0.05) is 30.7 Å². The number of anilines is 1. The van der Waals surface area contributed by atoms with Crippen molar-refractivity contribution in [3.63, 3.8) is 0 Å². The van der Waals surface area contributed by atoms with Crippen LogP contribution in [-0.4, -0.2) is 30.6 Å². The van der Waals surface area contributed by atoms with E-state index in [0.29, 0.717) is 5.69 Å². The molecule has 8 heteroatoms. The smallest absolute Gasteiger partial charge is 0.319 e. The lowest BCUT2D eigenvalue weighted by atomic mass is 9.93.